The summed E-state index contributed by atoms with van der Waals surface area (Å²) in [5.74, 6) is -5.49. The number of carbonyl (C=O) groups is 6. The van der Waals surface area contributed by atoms with Gasteiger partial charge in [0, 0.05) is 12.8 Å². The van der Waals surface area contributed by atoms with Crippen LogP contribution in [-0.4, -0.2) is 76.0 Å². The molecule has 14 nitrogen and oxygen atoms in total. The van der Waals surface area contributed by atoms with Crippen molar-refractivity contribution in [3.05, 3.63) is 0 Å². The maximum Gasteiger partial charge on any atom is 0.328 e. The number of primary amides is 2. The molecule has 0 heterocycles. The fourth-order valence-electron chi connectivity index (χ4n) is 2.92. The fourth-order valence-corrected chi connectivity index (χ4v) is 2.92. The van der Waals surface area contributed by atoms with Crippen molar-refractivity contribution in [1.82, 2.24) is 16.0 Å². The van der Waals surface area contributed by atoms with Crippen molar-refractivity contribution in [3.8, 4) is 0 Å². The number of carboxylic acids is 1. The van der Waals surface area contributed by atoms with E-state index in [1.165, 1.54) is 0 Å². The van der Waals surface area contributed by atoms with Gasteiger partial charge in [-0.15, -0.1) is 0 Å². The molecular formula is C20H36N6O8. The van der Waals surface area contributed by atoms with E-state index in [1.807, 2.05) is 13.8 Å². The average Bonchev–Trinajstić information content (AvgIpc) is 2.70. The third-order valence-corrected chi connectivity index (χ3v) is 4.73. The lowest BCUT2D eigenvalue weighted by Gasteiger charge is -2.25. The summed E-state index contributed by atoms with van der Waals surface area (Å²) < 4.78 is 0. The minimum atomic E-state index is -1.68. The molecule has 0 bridgehead atoms. The predicted octanol–water partition coefficient (Wildman–Crippen LogP) is -3.19. The Morgan fingerprint density at radius 2 is 1.18 bits per heavy atom. The lowest BCUT2D eigenvalue weighted by Crippen LogP contribution is -2.58. The topological polar surface area (TPSA) is 257 Å². The summed E-state index contributed by atoms with van der Waals surface area (Å²) in [6.45, 7) is 4.85. The quantitative estimate of drug-likeness (QED) is 0.109. The van der Waals surface area contributed by atoms with Gasteiger partial charge in [-0.25, -0.2) is 4.79 Å². The largest absolute Gasteiger partial charge is 0.480 e. The van der Waals surface area contributed by atoms with Crippen LogP contribution in [0.5, 0.6) is 0 Å². The van der Waals surface area contributed by atoms with Crippen LogP contribution in [-0.2, 0) is 28.8 Å². The monoisotopic (exact) mass is 488 g/mol. The number of carbonyl (C=O) groups excluding carboxylic acids is 5. The first-order chi connectivity index (χ1) is 15.6. The number of carboxylic acid groups (broad SMARTS) is 1. The molecule has 0 aliphatic carbocycles. The zero-order chi connectivity index (χ0) is 26.6. The zero-order valence-electron chi connectivity index (χ0n) is 19.6. The normalized spacial score (nSPS) is 15.4. The summed E-state index contributed by atoms with van der Waals surface area (Å²) in [7, 11) is 0. The van der Waals surface area contributed by atoms with Crippen LogP contribution in [0.3, 0.4) is 0 Å². The molecule has 14 heteroatoms. The van der Waals surface area contributed by atoms with Crippen molar-refractivity contribution >= 4 is 35.5 Å². The Kier molecular flexibility index (Phi) is 13.4. The van der Waals surface area contributed by atoms with Gasteiger partial charge >= 0.3 is 5.97 Å². The molecule has 0 unspecified atom stereocenters. The van der Waals surface area contributed by atoms with Gasteiger partial charge in [-0.05, 0) is 32.1 Å². The molecule has 0 rings (SSSR count). The molecule has 0 aliphatic heterocycles. The van der Waals surface area contributed by atoms with Crippen LogP contribution in [0, 0.1) is 5.92 Å². The molecule has 0 fully saturated rings. The van der Waals surface area contributed by atoms with Gasteiger partial charge in [-0.2, -0.15) is 0 Å². The highest BCUT2D eigenvalue weighted by atomic mass is 16.4. The maximum atomic E-state index is 12.9. The molecule has 0 aliphatic rings. The molecule has 0 saturated heterocycles. The van der Waals surface area contributed by atoms with Crippen LogP contribution in [0.2, 0.25) is 0 Å². The minimum absolute atomic E-state index is 0.0941. The van der Waals surface area contributed by atoms with Crippen LogP contribution in [0.1, 0.15) is 52.9 Å². The van der Waals surface area contributed by atoms with E-state index >= 15 is 0 Å². The number of hydrogen-bond donors (Lipinski definition) is 8. The fraction of sp³-hybridized carbons (Fsp3) is 0.700. The Morgan fingerprint density at radius 1 is 0.765 bits per heavy atom. The van der Waals surface area contributed by atoms with E-state index in [2.05, 4.69) is 16.0 Å². The number of rotatable bonds is 16. The SMILES string of the molecule is CC(C)C[C@H](N)C(=O)N[C@@H](CCC(N)=O)C(=O)N[C@@H](CCC(N)=O)C(=O)N[C@H](C(=O)O)[C@@H](C)O. The first-order valence-electron chi connectivity index (χ1n) is 10.8. The van der Waals surface area contributed by atoms with Gasteiger partial charge in [0.05, 0.1) is 12.1 Å². The molecule has 0 spiro atoms. The molecule has 34 heavy (non-hydrogen) atoms. The molecule has 0 aromatic carbocycles. The molecule has 0 aromatic heterocycles. The van der Waals surface area contributed by atoms with Gasteiger partial charge in [-0.1, -0.05) is 13.8 Å². The summed E-state index contributed by atoms with van der Waals surface area (Å²) in [5.41, 5.74) is 16.1. The Morgan fingerprint density at radius 3 is 1.53 bits per heavy atom. The van der Waals surface area contributed by atoms with Gasteiger partial charge in [0.25, 0.3) is 0 Å². The molecule has 11 N–H and O–H groups in total. The van der Waals surface area contributed by atoms with Gasteiger partial charge in [-0.3, -0.25) is 24.0 Å². The minimum Gasteiger partial charge on any atom is -0.480 e. The van der Waals surface area contributed by atoms with Crippen molar-refractivity contribution in [1.29, 1.82) is 0 Å². The summed E-state index contributed by atoms with van der Waals surface area (Å²) in [6, 6.07) is -5.34. The highest BCUT2D eigenvalue weighted by molar-refractivity contribution is 5.94. The van der Waals surface area contributed by atoms with Crippen molar-refractivity contribution in [2.24, 2.45) is 23.1 Å². The van der Waals surface area contributed by atoms with E-state index in [0.29, 0.717) is 6.42 Å². The Balaban J connectivity index is 5.62. The van der Waals surface area contributed by atoms with E-state index in [9.17, 15) is 33.9 Å². The smallest absolute Gasteiger partial charge is 0.328 e. The summed E-state index contributed by atoms with van der Waals surface area (Å²) in [6.07, 6.45) is -2.21. The molecule has 0 saturated carbocycles. The zero-order valence-corrected chi connectivity index (χ0v) is 19.6. The van der Waals surface area contributed by atoms with Gasteiger partial charge < -0.3 is 43.4 Å². The molecule has 5 amide bonds. The second-order valence-electron chi connectivity index (χ2n) is 8.43. The van der Waals surface area contributed by atoms with Crippen molar-refractivity contribution in [3.63, 3.8) is 0 Å². The van der Waals surface area contributed by atoms with E-state index < -0.39 is 65.8 Å². The maximum absolute atomic E-state index is 12.9. The molecular weight excluding hydrogens is 452 g/mol. The third kappa shape index (κ3) is 12.1. The first kappa shape index (κ1) is 30.7. The van der Waals surface area contributed by atoms with E-state index in [0.717, 1.165) is 6.92 Å². The summed E-state index contributed by atoms with van der Waals surface area (Å²) in [5, 5.41) is 25.6. The van der Waals surface area contributed by atoms with Crippen LogP contribution in [0.25, 0.3) is 0 Å². The average molecular weight is 489 g/mol. The number of aliphatic hydroxyl groups excluding tert-OH is 1. The van der Waals surface area contributed by atoms with Crippen LogP contribution in [0.15, 0.2) is 0 Å². The van der Waals surface area contributed by atoms with Crippen molar-refractivity contribution in [2.75, 3.05) is 0 Å². The van der Waals surface area contributed by atoms with E-state index in [4.69, 9.17) is 22.3 Å². The van der Waals surface area contributed by atoms with Crippen LogP contribution >= 0.6 is 0 Å². The van der Waals surface area contributed by atoms with E-state index in [-0.39, 0.29) is 31.6 Å². The number of hydrogen-bond acceptors (Lipinski definition) is 8. The lowest BCUT2D eigenvalue weighted by atomic mass is 10.0. The highest BCUT2D eigenvalue weighted by Gasteiger charge is 2.32. The number of nitrogens with two attached hydrogens (primary N) is 3. The Hall–Kier alpha value is -3.26. The third-order valence-electron chi connectivity index (χ3n) is 4.73. The van der Waals surface area contributed by atoms with Gasteiger partial charge in [0.15, 0.2) is 6.04 Å². The number of aliphatic hydroxyl groups is 1. The predicted molar refractivity (Wildman–Crippen MR) is 119 cm³/mol. The summed E-state index contributed by atoms with van der Waals surface area (Å²) >= 11 is 0. The van der Waals surface area contributed by atoms with Crippen molar-refractivity contribution < 1.29 is 39.0 Å². The Labute approximate surface area is 197 Å². The van der Waals surface area contributed by atoms with Gasteiger partial charge in [0.1, 0.15) is 12.1 Å². The van der Waals surface area contributed by atoms with Gasteiger partial charge in [0.2, 0.25) is 29.5 Å². The van der Waals surface area contributed by atoms with Crippen molar-refractivity contribution in [2.45, 2.75) is 83.1 Å². The molecule has 194 valence electrons. The number of amides is 5. The standard InChI is InChI=1S/C20H36N6O8/c1-9(2)8-11(21)17(30)24-12(4-6-14(22)28)18(31)25-13(5-7-15(23)29)19(32)26-16(10(3)27)20(33)34/h9-13,16,27H,4-8,21H2,1-3H3,(H2,22,28)(H2,23,29)(H,24,30)(H,25,31)(H,26,32)(H,33,34)/t10-,11+,12+,13+,16+/m1/s1. The summed E-state index contributed by atoms with van der Waals surface area (Å²) in [4.78, 5) is 71.6. The van der Waals surface area contributed by atoms with Crippen LogP contribution in [0.4, 0.5) is 0 Å². The number of aliphatic carboxylic acids is 1. The second kappa shape index (κ2) is 14.8. The highest BCUT2D eigenvalue weighted by Crippen LogP contribution is 2.07. The molecule has 5 atom stereocenters. The van der Waals surface area contributed by atoms with E-state index in [1.54, 1.807) is 0 Å². The molecule has 0 aromatic rings. The Bertz CT molecular complexity index is 757. The molecule has 0 radical (unpaired) electrons. The van der Waals surface area contributed by atoms with Crippen LogP contribution < -0.4 is 33.2 Å². The second-order valence-corrected chi connectivity index (χ2v) is 8.43. The lowest BCUT2D eigenvalue weighted by molar-refractivity contribution is -0.145. The first-order valence-corrected chi connectivity index (χ1v) is 10.8. The number of nitrogens with one attached hydrogen (secondary N) is 3.